The molecular formula is C17H16F3N7O. The van der Waals surface area contributed by atoms with Crippen LogP contribution in [0.25, 0.3) is 0 Å². The summed E-state index contributed by atoms with van der Waals surface area (Å²) >= 11 is 0. The maximum absolute atomic E-state index is 13.8. The minimum Gasteiger partial charge on any atom is -0.365 e. The van der Waals surface area contributed by atoms with E-state index in [2.05, 4.69) is 25.7 Å². The van der Waals surface area contributed by atoms with Gasteiger partial charge in [0.15, 0.2) is 11.6 Å². The summed E-state index contributed by atoms with van der Waals surface area (Å²) in [4.78, 5) is 19.7. The van der Waals surface area contributed by atoms with Crippen LogP contribution in [0.4, 0.5) is 30.6 Å². The third kappa shape index (κ3) is 4.03. The highest BCUT2D eigenvalue weighted by Gasteiger charge is 2.17. The number of anilines is 3. The van der Waals surface area contributed by atoms with Crippen LogP contribution in [0.5, 0.6) is 0 Å². The Morgan fingerprint density at radius 3 is 2.64 bits per heavy atom. The van der Waals surface area contributed by atoms with E-state index in [1.54, 1.807) is 17.1 Å². The van der Waals surface area contributed by atoms with Gasteiger partial charge in [-0.05, 0) is 19.1 Å². The Bertz CT molecular complexity index is 1020. The van der Waals surface area contributed by atoms with Gasteiger partial charge in [-0.2, -0.15) is 10.1 Å². The second-order valence-electron chi connectivity index (χ2n) is 5.71. The van der Waals surface area contributed by atoms with Crippen molar-refractivity contribution < 1.29 is 18.0 Å². The monoisotopic (exact) mass is 391 g/mol. The quantitative estimate of drug-likeness (QED) is 0.534. The first-order valence-electron chi connectivity index (χ1n) is 8.21. The zero-order valence-corrected chi connectivity index (χ0v) is 14.7. The van der Waals surface area contributed by atoms with Crippen LogP contribution in [0.2, 0.25) is 0 Å². The second-order valence-corrected chi connectivity index (χ2v) is 5.71. The van der Waals surface area contributed by atoms with Crippen molar-refractivity contribution in [1.82, 2.24) is 19.7 Å². The number of carbonyl (C=O) groups excluding carboxylic acids is 1. The number of amides is 1. The van der Waals surface area contributed by atoms with Gasteiger partial charge in [0, 0.05) is 31.0 Å². The number of aryl methyl sites for hydroxylation is 1. The number of hydrogen-bond acceptors (Lipinski definition) is 6. The number of carbonyl (C=O) groups is 1. The lowest BCUT2D eigenvalue weighted by atomic mass is 10.2. The fourth-order valence-electron chi connectivity index (χ4n) is 2.39. The molecule has 0 fully saturated rings. The van der Waals surface area contributed by atoms with Gasteiger partial charge < -0.3 is 16.4 Å². The van der Waals surface area contributed by atoms with E-state index < -0.39 is 35.5 Å². The Hall–Kier alpha value is -3.63. The number of nitrogens with zero attached hydrogens (tertiary/aromatic N) is 4. The van der Waals surface area contributed by atoms with Crippen LogP contribution < -0.4 is 16.4 Å². The van der Waals surface area contributed by atoms with E-state index in [4.69, 9.17) is 5.73 Å². The van der Waals surface area contributed by atoms with E-state index >= 15 is 0 Å². The van der Waals surface area contributed by atoms with Crippen LogP contribution >= 0.6 is 0 Å². The molecule has 11 heteroatoms. The first kappa shape index (κ1) is 19.1. The maximum atomic E-state index is 13.8. The summed E-state index contributed by atoms with van der Waals surface area (Å²) in [5.41, 5.74) is 5.26. The molecule has 0 aliphatic rings. The lowest BCUT2D eigenvalue weighted by molar-refractivity contribution is 0.100. The summed E-state index contributed by atoms with van der Waals surface area (Å²) < 4.78 is 42.6. The predicted octanol–water partition coefficient (Wildman–Crippen LogP) is 2.56. The van der Waals surface area contributed by atoms with E-state index in [0.29, 0.717) is 18.3 Å². The molecule has 2 heterocycles. The Morgan fingerprint density at radius 1 is 1.21 bits per heavy atom. The van der Waals surface area contributed by atoms with E-state index in [1.165, 1.54) is 6.20 Å². The molecule has 0 aliphatic carbocycles. The van der Waals surface area contributed by atoms with Gasteiger partial charge >= 0.3 is 0 Å². The van der Waals surface area contributed by atoms with E-state index in [0.717, 1.165) is 6.07 Å². The van der Waals surface area contributed by atoms with Crippen molar-refractivity contribution in [2.75, 3.05) is 10.6 Å². The van der Waals surface area contributed by atoms with Crippen molar-refractivity contribution >= 4 is 23.4 Å². The lowest BCUT2D eigenvalue weighted by Gasteiger charge is -2.12. The van der Waals surface area contributed by atoms with Crippen LogP contribution in [0.1, 0.15) is 22.8 Å². The van der Waals surface area contributed by atoms with Gasteiger partial charge in [-0.25, -0.2) is 18.2 Å². The molecular weight excluding hydrogens is 375 g/mol. The zero-order valence-electron chi connectivity index (χ0n) is 14.7. The van der Waals surface area contributed by atoms with Crippen LogP contribution in [-0.2, 0) is 13.1 Å². The molecule has 0 unspecified atom stereocenters. The molecule has 28 heavy (non-hydrogen) atoms. The fraction of sp³-hybridized carbons (Fsp3) is 0.176. The van der Waals surface area contributed by atoms with Gasteiger partial charge in [0.05, 0.1) is 17.4 Å². The molecule has 0 saturated heterocycles. The second kappa shape index (κ2) is 7.94. The van der Waals surface area contributed by atoms with Crippen molar-refractivity contribution in [3.63, 3.8) is 0 Å². The van der Waals surface area contributed by atoms with Gasteiger partial charge in [0.1, 0.15) is 11.6 Å². The lowest BCUT2D eigenvalue weighted by Crippen LogP contribution is -2.17. The standard InChI is InChI=1S/C17H16F3N7O/c1-2-27-8-9(5-24-27)25-17-23-7-11(15(21)28)16(26-17)22-6-10-12(18)3-4-13(19)14(10)20/h3-5,7-8H,2,6H2,1H3,(H2,21,28)(H2,22,23,25,26). The third-order valence-corrected chi connectivity index (χ3v) is 3.84. The number of benzene rings is 1. The molecule has 8 nitrogen and oxygen atoms in total. The fourth-order valence-corrected chi connectivity index (χ4v) is 2.39. The van der Waals surface area contributed by atoms with E-state index in [9.17, 15) is 18.0 Å². The molecule has 0 spiro atoms. The highest BCUT2D eigenvalue weighted by molar-refractivity contribution is 5.97. The molecule has 1 aromatic carbocycles. The number of nitrogens with two attached hydrogens (primary N) is 1. The van der Waals surface area contributed by atoms with Crippen LogP contribution in [-0.4, -0.2) is 25.7 Å². The minimum absolute atomic E-state index is 0.0593. The normalized spacial score (nSPS) is 10.7. The van der Waals surface area contributed by atoms with Crippen LogP contribution in [0, 0.1) is 17.5 Å². The Balaban J connectivity index is 1.86. The van der Waals surface area contributed by atoms with Crippen molar-refractivity contribution in [3.8, 4) is 0 Å². The molecule has 2 aromatic heterocycles. The Kier molecular flexibility index (Phi) is 5.43. The summed E-state index contributed by atoms with van der Waals surface area (Å²) in [7, 11) is 0. The third-order valence-electron chi connectivity index (χ3n) is 3.84. The van der Waals surface area contributed by atoms with Crippen molar-refractivity contribution in [1.29, 1.82) is 0 Å². The van der Waals surface area contributed by atoms with Gasteiger partial charge in [0.25, 0.3) is 5.91 Å². The van der Waals surface area contributed by atoms with E-state index in [-0.39, 0.29) is 17.3 Å². The molecule has 1 amide bonds. The van der Waals surface area contributed by atoms with Gasteiger partial charge in [-0.15, -0.1) is 0 Å². The molecule has 0 atom stereocenters. The molecule has 146 valence electrons. The molecule has 3 aromatic rings. The molecule has 0 aliphatic heterocycles. The predicted molar refractivity (Wildman–Crippen MR) is 95.4 cm³/mol. The Labute approximate surface area is 157 Å². The summed E-state index contributed by atoms with van der Waals surface area (Å²) in [5.74, 6) is -4.25. The molecule has 4 N–H and O–H groups in total. The summed E-state index contributed by atoms with van der Waals surface area (Å²) in [6, 6.07) is 1.49. The average molecular weight is 391 g/mol. The smallest absolute Gasteiger partial charge is 0.254 e. The first-order valence-corrected chi connectivity index (χ1v) is 8.21. The van der Waals surface area contributed by atoms with Gasteiger partial charge in [-0.3, -0.25) is 9.48 Å². The number of rotatable bonds is 7. The first-order chi connectivity index (χ1) is 13.4. The largest absolute Gasteiger partial charge is 0.365 e. The number of nitrogens with one attached hydrogen (secondary N) is 2. The van der Waals surface area contributed by atoms with Crippen molar-refractivity contribution in [2.24, 2.45) is 5.73 Å². The zero-order chi connectivity index (χ0) is 20.3. The molecule has 0 radical (unpaired) electrons. The van der Waals surface area contributed by atoms with Crippen molar-refractivity contribution in [2.45, 2.75) is 20.0 Å². The summed E-state index contributed by atoms with van der Waals surface area (Å²) in [6.07, 6.45) is 4.44. The molecule has 3 rings (SSSR count). The van der Waals surface area contributed by atoms with Gasteiger partial charge in [-0.1, -0.05) is 0 Å². The highest BCUT2D eigenvalue weighted by atomic mass is 19.2. The minimum atomic E-state index is -1.33. The van der Waals surface area contributed by atoms with Crippen LogP contribution in [0.15, 0.2) is 30.7 Å². The van der Waals surface area contributed by atoms with E-state index in [1.807, 2.05) is 6.92 Å². The Morgan fingerprint density at radius 2 is 1.96 bits per heavy atom. The number of halogens is 3. The maximum Gasteiger partial charge on any atom is 0.254 e. The topological polar surface area (TPSA) is 111 Å². The number of aromatic nitrogens is 4. The number of primary amides is 1. The van der Waals surface area contributed by atoms with Crippen molar-refractivity contribution in [3.05, 3.63) is 59.3 Å². The average Bonchev–Trinajstić information content (AvgIpc) is 3.12. The number of hydrogen-bond donors (Lipinski definition) is 3. The van der Waals surface area contributed by atoms with Gasteiger partial charge in [0.2, 0.25) is 5.95 Å². The molecule has 0 saturated carbocycles. The SMILES string of the molecule is CCn1cc(Nc2ncc(C(N)=O)c(NCc3c(F)ccc(F)c3F)n2)cn1. The summed E-state index contributed by atoms with van der Waals surface area (Å²) in [5, 5.41) is 9.59. The van der Waals surface area contributed by atoms with Crippen LogP contribution in [0.3, 0.4) is 0 Å². The summed E-state index contributed by atoms with van der Waals surface area (Å²) in [6.45, 7) is 2.13. The molecule has 0 bridgehead atoms. The highest BCUT2D eigenvalue weighted by Crippen LogP contribution is 2.20.